The third-order valence-corrected chi connectivity index (χ3v) is 7.03. The lowest BCUT2D eigenvalue weighted by Gasteiger charge is -2.35. The van der Waals surface area contributed by atoms with Crippen molar-refractivity contribution >= 4 is 34.2 Å². The van der Waals surface area contributed by atoms with Gasteiger partial charge in [0.1, 0.15) is 36.1 Å². The molecule has 3 atom stereocenters. The van der Waals surface area contributed by atoms with Gasteiger partial charge in [-0.3, -0.25) is 4.90 Å². The molecular weight excluding hydrogens is 531 g/mol. The van der Waals surface area contributed by atoms with Crippen LogP contribution in [0.15, 0.2) is 48.5 Å². The van der Waals surface area contributed by atoms with Crippen LogP contribution in [0.2, 0.25) is 0 Å². The molecule has 2 heterocycles. The van der Waals surface area contributed by atoms with Gasteiger partial charge in [-0.15, -0.1) is 0 Å². The van der Waals surface area contributed by atoms with Crippen molar-refractivity contribution in [2.75, 3.05) is 19.8 Å². The molecule has 5 rings (SSSR count). The maximum Gasteiger partial charge on any atom is 0.416 e. The average molecular weight is 557 g/mol. The van der Waals surface area contributed by atoms with E-state index in [1.807, 2.05) is 12.1 Å². The van der Waals surface area contributed by atoms with Crippen molar-refractivity contribution in [2.24, 2.45) is 0 Å². The molecular formula is C27H26BrFN2O5. The van der Waals surface area contributed by atoms with Gasteiger partial charge in [0.15, 0.2) is 0 Å². The Balaban J connectivity index is 1.49. The van der Waals surface area contributed by atoms with E-state index in [-0.39, 0.29) is 23.8 Å². The lowest BCUT2D eigenvalue weighted by molar-refractivity contribution is 0.0536. The molecule has 2 aromatic carbocycles. The summed E-state index contributed by atoms with van der Waals surface area (Å²) in [7, 11) is 0. The topological polar surface area (TPSA) is 95.0 Å². The minimum atomic E-state index is -0.960. The van der Waals surface area contributed by atoms with Crippen LogP contribution in [0.3, 0.4) is 0 Å². The lowest BCUT2D eigenvalue weighted by Crippen LogP contribution is -2.43. The van der Waals surface area contributed by atoms with Gasteiger partial charge in [0, 0.05) is 22.4 Å². The summed E-state index contributed by atoms with van der Waals surface area (Å²) in [5.74, 6) is 0.405. The number of nitrogens with zero attached hydrogens (tertiary/aromatic N) is 1. The number of halogens is 2. The number of ether oxygens (including phenoxy) is 2. The zero-order valence-corrected chi connectivity index (χ0v) is 20.9. The molecule has 0 radical (unpaired) electrons. The van der Waals surface area contributed by atoms with Crippen LogP contribution in [-0.4, -0.2) is 56.9 Å². The number of aromatic nitrogens is 1. The van der Waals surface area contributed by atoms with Gasteiger partial charge in [-0.25, -0.2) is 9.18 Å². The predicted octanol–water partition coefficient (Wildman–Crippen LogP) is 2.76. The molecule has 1 aliphatic heterocycles. The molecule has 1 aliphatic carbocycles. The summed E-state index contributed by atoms with van der Waals surface area (Å²) in [6.45, 7) is 0.0425. The SMILES string of the molecule is O=C(Oc1ccc(F)cc1)N1CCc2c([nH]c3c2=CC(Br)CC=3)C1c1ccc(OCC(O)CO)cc1. The Kier molecular flexibility index (Phi) is 7.13. The average Bonchev–Trinajstić information content (AvgIpc) is 3.26. The van der Waals surface area contributed by atoms with Crippen molar-refractivity contribution in [1.29, 1.82) is 0 Å². The summed E-state index contributed by atoms with van der Waals surface area (Å²) in [5.41, 5.74) is 2.96. The number of H-pyrrole nitrogens is 1. The van der Waals surface area contributed by atoms with Crippen molar-refractivity contribution in [3.05, 3.63) is 81.7 Å². The van der Waals surface area contributed by atoms with Crippen LogP contribution in [0, 0.1) is 5.82 Å². The summed E-state index contributed by atoms with van der Waals surface area (Å²) in [6.07, 6.45) is 4.42. The highest BCUT2D eigenvalue weighted by Gasteiger charge is 2.35. The molecule has 0 saturated carbocycles. The standard InChI is InChI=1S/C27H26BrFN2O5/c28-17-3-10-24-23(13-17)22-11-12-31(27(34)36-21-8-4-18(29)5-9-21)26(25(22)30-24)16-1-6-20(7-2-16)35-15-19(33)14-32/h1-2,4-10,13,17,19,26,30,32-33H,3,11-12,14-15H2. The van der Waals surface area contributed by atoms with Crippen molar-refractivity contribution in [3.63, 3.8) is 0 Å². The van der Waals surface area contributed by atoms with Crippen LogP contribution >= 0.6 is 15.9 Å². The number of amides is 1. The molecule has 3 unspecified atom stereocenters. The molecule has 1 aromatic heterocycles. The third kappa shape index (κ3) is 5.04. The van der Waals surface area contributed by atoms with Gasteiger partial charge in [0.2, 0.25) is 0 Å². The van der Waals surface area contributed by atoms with Gasteiger partial charge in [-0.05, 0) is 65.6 Å². The molecule has 0 bridgehead atoms. The van der Waals surface area contributed by atoms with Gasteiger partial charge in [0.05, 0.1) is 6.61 Å². The van der Waals surface area contributed by atoms with E-state index in [1.165, 1.54) is 29.8 Å². The fourth-order valence-electron chi connectivity index (χ4n) is 4.64. The zero-order valence-electron chi connectivity index (χ0n) is 19.4. The highest BCUT2D eigenvalue weighted by atomic mass is 79.9. The van der Waals surface area contributed by atoms with Gasteiger partial charge in [-0.1, -0.05) is 40.2 Å². The first kappa shape index (κ1) is 24.5. The minimum absolute atomic E-state index is 0.0255. The van der Waals surface area contributed by atoms with Gasteiger partial charge >= 0.3 is 6.09 Å². The molecule has 2 aliphatic rings. The summed E-state index contributed by atoms with van der Waals surface area (Å²) in [4.78, 5) is 18.8. The highest BCUT2D eigenvalue weighted by molar-refractivity contribution is 9.09. The van der Waals surface area contributed by atoms with Crippen LogP contribution in [-0.2, 0) is 6.42 Å². The van der Waals surface area contributed by atoms with Crippen LogP contribution in [0.1, 0.15) is 29.3 Å². The number of hydrogen-bond acceptors (Lipinski definition) is 5. The van der Waals surface area contributed by atoms with E-state index in [4.69, 9.17) is 14.6 Å². The summed E-state index contributed by atoms with van der Waals surface area (Å²) in [5, 5.41) is 20.8. The first-order valence-corrected chi connectivity index (χ1v) is 12.7. The molecule has 9 heteroatoms. The van der Waals surface area contributed by atoms with Crippen LogP contribution in [0.5, 0.6) is 11.5 Å². The molecule has 3 N–H and O–H groups in total. The van der Waals surface area contributed by atoms with Crippen molar-refractivity contribution in [2.45, 2.75) is 29.8 Å². The maximum absolute atomic E-state index is 13.3. The zero-order chi connectivity index (χ0) is 25.2. The molecule has 36 heavy (non-hydrogen) atoms. The first-order valence-electron chi connectivity index (χ1n) is 11.8. The Bertz CT molecular complexity index is 1360. The number of fused-ring (bicyclic) bond motifs is 3. The van der Waals surface area contributed by atoms with Gasteiger partial charge in [0.25, 0.3) is 0 Å². The summed E-state index contributed by atoms with van der Waals surface area (Å²) < 4.78 is 24.5. The number of aromatic amines is 1. The minimum Gasteiger partial charge on any atom is -0.491 e. The fourth-order valence-corrected chi connectivity index (χ4v) is 5.09. The van der Waals surface area contributed by atoms with E-state index in [1.54, 1.807) is 17.0 Å². The Morgan fingerprint density at radius 2 is 1.89 bits per heavy atom. The summed E-state index contributed by atoms with van der Waals surface area (Å²) in [6, 6.07) is 12.2. The Morgan fingerprint density at radius 1 is 1.17 bits per heavy atom. The smallest absolute Gasteiger partial charge is 0.416 e. The number of benzene rings is 2. The quantitative estimate of drug-likeness (QED) is 0.406. The van der Waals surface area contributed by atoms with Crippen LogP contribution in [0.25, 0.3) is 12.2 Å². The maximum atomic E-state index is 13.3. The Morgan fingerprint density at radius 3 is 2.61 bits per heavy atom. The van der Waals surface area contributed by atoms with Crippen molar-refractivity contribution < 1.29 is 28.9 Å². The van der Waals surface area contributed by atoms with E-state index < -0.39 is 24.1 Å². The normalized spacial score (nSPS) is 19.4. The molecule has 0 saturated heterocycles. The predicted molar refractivity (Wildman–Crippen MR) is 136 cm³/mol. The number of hydrogen-bond donors (Lipinski definition) is 3. The van der Waals surface area contributed by atoms with E-state index in [9.17, 15) is 14.3 Å². The second-order valence-corrected chi connectivity index (χ2v) is 10.0. The monoisotopic (exact) mass is 556 g/mol. The number of carbonyl (C=O) groups excluding carboxylic acids is 1. The van der Waals surface area contributed by atoms with Gasteiger partial charge in [-0.2, -0.15) is 0 Å². The Labute approximate surface area is 215 Å². The van der Waals surface area contributed by atoms with Crippen molar-refractivity contribution in [1.82, 2.24) is 9.88 Å². The number of nitrogens with one attached hydrogen (secondary N) is 1. The number of aliphatic hydroxyl groups is 2. The molecule has 0 fully saturated rings. The largest absolute Gasteiger partial charge is 0.491 e. The van der Waals surface area contributed by atoms with Crippen LogP contribution in [0.4, 0.5) is 9.18 Å². The third-order valence-electron chi connectivity index (χ3n) is 6.39. The number of rotatable bonds is 6. The van der Waals surface area contributed by atoms with E-state index >= 15 is 0 Å². The second kappa shape index (κ2) is 10.5. The number of aliphatic hydroxyl groups excluding tert-OH is 2. The number of alkyl halides is 1. The van der Waals surface area contributed by atoms with Crippen molar-refractivity contribution in [3.8, 4) is 11.5 Å². The lowest BCUT2D eigenvalue weighted by atomic mass is 9.92. The highest BCUT2D eigenvalue weighted by Crippen LogP contribution is 2.34. The van der Waals surface area contributed by atoms with E-state index in [0.29, 0.717) is 18.7 Å². The molecule has 188 valence electrons. The molecule has 0 spiro atoms. The Hall–Kier alpha value is -3.14. The van der Waals surface area contributed by atoms with Crippen LogP contribution < -0.4 is 20.0 Å². The molecule has 7 nitrogen and oxygen atoms in total. The second-order valence-electron chi connectivity index (χ2n) is 8.85. The number of carbonyl (C=O) groups is 1. The van der Waals surface area contributed by atoms with E-state index in [0.717, 1.165) is 28.2 Å². The molecule has 1 amide bonds. The fraction of sp³-hybridized carbons (Fsp3) is 0.296. The first-order chi connectivity index (χ1) is 17.4. The van der Waals surface area contributed by atoms with Gasteiger partial charge < -0.3 is 24.7 Å². The summed E-state index contributed by atoms with van der Waals surface area (Å²) >= 11 is 3.69. The molecule has 3 aromatic rings. The van der Waals surface area contributed by atoms with E-state index in [2.05, 4.69) is 33.1 Å².